The second-order valence-corrected chi connectivity index (χ2v) is 4.94. The Kier molecular flexibility index (Phi) is 5.60. The fourth-order valence-corrected chi connectivity index (χ4v) is 2.24. The molecular weight excluding hydrogens is 227 g/mol. The zero-order valence-electron chi connectivity index (χ0n) is 12.1. The number of para-hydroxylation sites is 1. The maximum Gasteiger partial charge on any atom is 0.146 e. The topological polar surface area (TPSA) is 15.3 Å². The van der Waals surface area contributed by atoms with E-state index in [0.29, 0.717) is 6.04 Å². The van der Waals surface area contributed by atoms with Crippen molar-refractivity contribution in [3.63, 3.8) is 0 Å². The zero-order chi connectivity index (χ0) is 13.7. The molecule has 0 aliphatic heterocycles. The molecule has 0 aliphatic rings. The van der Waals surface area contributed by atoms with Crippen LogP contribution in [-0.4, -0.2) is 20.1 Å². The lowest BCUT2D eigenvalue weighted by Gasteiger charge is -2.30. The van der Waals surface area contributed by atoms with Gasteiger partial charge in [-0.3, -0.25) is 0 Å². The number of halogens is 1. The number of nitrogens with one attached hydrogen (secondary N) is 1. The fraction of sp³-hybridized carbons (Fsp3) is 0.600. The third kappa shape index (κ3) is 3.22. The van der Waals surface area contributed by atoms with Gasteiger partial charge in [0, 0.05) is 19.1 Å². The number of benzene rings is 1. The molecule has 102 valence electrons. The third-order valence-corrected chi connectivity index (χ3v) is 3.64. The summed E-state index contributed by atoms with van der Waals surface area (Å²) >= 11 is 0. The van der Waals surface area contributed by atoms with Crippen LogP contribution in [0.5, 0.6) is 0 Å². The van der Waals surface area contributed by atoms with Crippen LogP contribution in [0.1, 0.15) is 45.2 Å². The van der Waals surface area contributed by atoms with E-state index in [0.717, 1.165) is 24.1 Å². The number of anilines is 1. The minimum Gasteiger partial charge on any atom is -0.369 e. The van der Waals surface area contributed by atoms with Gasteiger partial charge in [0.2, 0.25) is 0 Å². The molecule has 2 atom stereocenters. The van der Waals surface area contributed by atoms with Crippen molar-refractivity contribution in [2.45, 2.75) is 45.7 Å². The minimum atomic E-state index is -0.139. The van der Waals surface area contributed by atoms with Crippen LogP contribution in [0, 0.1) is 5.82 Å². The third-order valence-electron chi connectivity index (χ3n) is 3.64. The summed E-state index contributed by atoms with van der Waals surface area (Å²) in [4.78, 5) is 2.06. The molecular formula is C15H25FN2. The van der Waals surface area contributed by atoms with E-state index in [-0.39, 0.29) is 11.9 Å². The van der Waals surface area contributed by atoms with Crippen LogP contribution in [0.25, 0.3) is 0 Å². The lowest BCUT2D eigenvalue weighted by atomic mass is 10.0. The molecule has 0 bridgehead atoms. The molecule has 2 unspecified atom stereocenters. The van der Waals surface area contributed by atoms with Gasteiger partial charge in [-0.1, -0.05) is 25.5 Å². The van der Waals surface area contributed by atoms with Crippen molar-refractivity contribution in [1.29, 1.82) is 0 Å². The molecule has 0 fully saturated rings. The van der Waals surface area contributed by atoms with Crippen molar-refractivity contribution in [2.24, 2.45) is 0 Å². The van der Waals surface area contributed by atoms with Crippen molar-refractivity contribution >= 4 is 5.69 Å². The van der Waals surface area contributed by atoms with E-state index in [1.54, 1.807) is 6.07 Å². The highest BCUT2D eigenvalue weighted by atomic mass is 19.1. The van der Waals surface area contributed by atoms with Crippen molar-refractivity contribution in [2.75, 3.05) is 19.0 Å². The van der Waals surface area contributed by atoms with E-state index >= 15 is 0 Å². The number of rotatable bonds is 6. The second-order valence-electron chi connectivity index (χ2n) is 4.94. The van der Waals surface area contributed by atoms with Gasteiger partial charge in [-0.15, -0.1) is 0 Å². The Balaban J connectivity index is 3.12. The van der Waals surface area contributed by atoms with E-state index in [4.69, 9.17) is 0 Å². The first-order valence-corrected chi connectivity index (χ1v) is 6.71. The number of nitrogens with zero attached hydrogens (tertiary/aromatic N) is 1. The van der Waals surface area contributed by atoms with Crippen LogP contribution >= 0.6 is 0 Å². The Morgan fingerprint density at radius 3 is 2.56 bits per heavy atom. The van der Waals surface area contributed by atoms with Gasteiger partial charge >= 0.3 is 0 Å². The molecule has 1 aromatic rings. The first kappa shape index (κ1) is 15.0. The lowest BCUT2D eigenvalue weighted by Crippen LogP contribution is -2.31. The Labute approximate surface area is 110 Å². The van der Waals surface area contributed by atoms with Crippen LogP contribution in [0.2, 0.25) is 0 Å². The summed E-state index contributed by atoms with van der Waals surface area (Å²) in [7, 11) is 3.87. The highest BCUT2D eigenvalue weighted by Crippen LogP contribution is 2.30. The average molecular weight is 252 g/mol. The maximum absolute atomic E-state index is 14.1. The van der Waals surface area contributed by atoms with E-state index in [1.165, 1.54) is 6.07 Å². The SMILES string of the molecule is CCCC(C)N(C)c1c(F)cccc1C(C)NC. The first-order valence-electron chi connectivity index (χ1n) is 6.71. The molecule has 1 rings (SSSR count). The lowest BCUT2D eigenvalue weighted by molar-refractivity contribution is 0.568. The molecule has 0 aromatic heterocycles. The molecule has 0 aliphatic carbocycles. The van der Waals surface area contributed by atoms with Gasteiger partial charge in [-0.05, 0) is 38.9 Å². The maximum atomic E-state index is 14.1. The molecule has 0 saturated heterocycles. The Bertz CT molecular complexity index is 379. The number of hydrogen-bond acceptors (Lipinski definition) is 2. The van der Waals surface area contributed by atoms with Crippen molar-refractivity contribution in [3.8, 4) is 0 Å². The first-order chi connectivity index (χ1) is 8.52. The molecule has 1 aromatic carbocycles. The van der Waals surface area contributed by atoms with Gasteiger partial charge in [0.25, 0.3) is 0 Å². The van der Waals surface area contributed by atoms with E-state index in [2.05, 4.69) is 31.0 Å². The van der Waals surface area contributed by atoms with E-state index in [9.17, 15) is 4.39 Å². The largest absolute Gasteiger partial charge is 0.369 e. The quantitative estimate of drug-likeness (QED) is 0.830. The predicted octanol–water partition coefficient (Wildman–Crippen LogP) is 3.73. The van der Waals surface area contributed by atoms with Crippen LogP contribution in [0.3, 0.4) is 0 Å². The van der Waals surface area contributed by atoms with Crippen LogP contribution in [0.15, 0.2) is 18.2 Å². The van der Waals surface area contributed by atoms with Gasteiger partial charge in [0.05, 0.1) is 5.69 Å². The predicted molar refractivity (Wildman–Crippen MR) is 76.6 cm³/mol. The molecule has 1 N–H and O–H groups in total. The molecule has 2 nitrogen and oxygen atoms in total. The van der Waals surface area contributed by atoms with Crippen molar-refractivity contribution in [1.82, 2.24) is 5.32 Å². The Morgan fingerprint density at radius 1 is 1.33 bits per heavy atom. The van der Waals surface area contributed by atoms with Gasteiger partial charge in [-0.2, -0.15) is 0 Å². The van der Waals surface area contributed by atoms with E-state index < -0.39 is 0 Å². The molecule has 18 heavy (non-hydrogen) atoms. The molecule has 0 saturated carbocycles. The summed E-state index contributed by atoms with van der Waals surface area (Å²) in [5, 5.41) is 3.18. The van der Waals surface area contributed by atoms with Gasteiger partial charge in [0.15, 0.2) is 0 Å². The zero-order valence-corrected chi connectivity index (χ0v) is 12.1. The summed E-state index contributed by atoms with van der Waals surface area (Å²) in [6, 6.07) is 5.80. The summed E-state index contributed by atoms with van der Waals surface area (Å²) in [5.74, 6) is -0.139. The van der Waals surface area contributed by atoms with Crippen LogP contribution in [0.4, 0.5) is 10.1 Å². The summed E-state index contributed by atoms with van der Waals surface area (Å²) < 4.78 is 14.1. The van der Waals surface area contributed by atoms with Crippen LogP contribution < -0.4 is 10.2 Å². The van der Waals surface area contributed by atoms with E-state index in [1.807, 2.05) is 20.2 Å². The average Bonchev–Trinajstić information content (AvgIpc) is 2.37. The minimum absolute atomic E-state index is 0.139. The van der Waals surface area contributed by atoms with Gasteiger partial charge in [-0.25, -0.2) is 4.39 Å². The standard InChI is InChI=1S/C15H25FN2/c1-6-8-11(2)18(5)15-13(12(3)17-4)9-7-10-14(15)16/h7,9-12,17H,6,8H2,1-5H3. The molecule has 0 spiro atoms. The number of hydrogen-bond donors (Lipinski definition) is 1. The molecule has 0 amide bonds. The normalized spacial score (nSPS) is 14.3. The summed E-state index contributed by atoms with van der Waals surface area (Å²) in [6.45, 7) is 6.35. The van der Waals surface area contributed by atoms with Gasteiger partial charge in [0.1, 0.15) is 5.82 Å². The highest BCUT2D eigenvalue weighted by molar-refractivity contribution is 5.56. The molecule has 0 heterocycles. The smallest absolute Gasteiger partial charge is 0.146 e. The summed E-state index contributed by atoms with van der Waals surface area (Å²) in [6.07, 6.45) is 2.18. The highest BCUT2D eigenvalue weighted by Gasteiger charge is 2.19. The molecule has 0 radical (unpaired) electrons. The fourth-order valence-electron chi connectivity index (χ4n) is 2.24. The van der Waals surface area contributed by atoms with Crippen molar-refractivity contribution < 1.29 is 4.39 Å². The summed E-state index contributed by atoms with van der Waals surface area (Å²) in [5.41, 5.74) is 1.74. The Morgan fingerprint density at radius 2 is 2.00 bits per heavy atom. The second kappa shape index (κ2) is 6.74. The van der Waals surface area contributed by atoms with Crippen molar-refractivity contribution in [3.05, 3.63) is 29.6 Å². The Hall–Kier alpha value is -1.09. The molecule has 3 heteroatoms. The monoisotopic (exact) mass is 252 g/mol. The van der Waals surface area contributed by atoms with Crippen LogP contribution in [-0.2, 0) is 0 Å². The van der Waals surface area contributed by atoms with Gasteiger partial charge < -0.3 is 10.2 Å².